The van der Waals surface area contributed by atoms with Crippen molar-refractivity contribution in [2.45, 2.75) is 39.2 Å². The van der Waals surface area contributed by atoms with Crippen LogP contribution in [0.25, 0.3) is 0 Å². The van der Waals surface area contributed by atoms with Gasteiger partial charge in [-0.3, -0.25) is 9.69 Å². The van der Waals surface area contributed by atoms with E-state index in [1.165, 1.54) is 16.7 Å². The first-order valence-corrected chi connectivity index (χ1v) is 10.7. The summed E-state index contributed by atoms with van der Waals surface area (Å²) in [5.74, 6) is 0.410. The van der Waals surface area contributed by atoms with Crippen LogP contribution in [0, 0.1) is 12.8 Å². The van der Waals surface area contributed by atoms with Crippen molar-refractivity contribution in [1.82, 2.24) is 10.2 Å². The van der Waals surface area contributed by atoms with Gasteiger partial charge in [-0.05, 0) is 69.0 Å². The van der Waals surface area contributed by atoms with Crippen LogP contribution >= 0.6 is 15.9 Å². The fourth-order valence-corrected chi connectivity index (χ4v) is 3.98. The number of halogens is 1. The number of benzene rings is 2. The van der Waals surface area contributed by atoms with Crippen molar-refractivity contribution in [2.75, 3.05) is 19.6 Å². The summed E-state index contributed by atoms with van der Waals surface area (Å²) in [6, 6.07) is 17.1. The Hall–Kier alpha value is -1.65. The lowest BCUT2D eigenvalue weighted by Gasteiger charge is -2.31. The second-order valence-electron chi connectivity index (χ2n) is 7.56. The average molecular weight is 429 g/mol. The van der Waals surface area contributed by atoms with Crippen molar-refractivity contribution in [3.63, 3.8) is 0 Å². The van der Waals surface area contributed by atoms with E-state index >= 15 is 0 Å². The molecular weight excluding hydrogens is 400 g/mol. The summed E-state index contributed by atoms with van der Waals surface area (Å²) in [6.07, 6.45) is 3.94. The molecule has 0 saturated carbocycles. The maximum absolute atomic E-state index is 12.4. The van der Waals surface area contributed by atoms with Crippen LogP contribution in [0.15, 0.2) is 53.0 Å². The molecule has 27 heavy (non-hydrogen) atoms. The van der Waals surface area contributed by atoms with Crippen molar-refractivity contribution < 1.29 is 4.79 Å². The highest BCUT2D eigenvalue weighted by Crippen LogP contribution is 2.20. The summed E-state index contributed by atoms with van der Waals surface area (Å²) < 4.78 is 1.11. The largest absolute Gasteiger partial charge is 0.356 e. The number of nitrogens with one attached hydrogen (secondary N) is 1. The van der Waals surface area contributed by atoms with E-state index in [0.717, 1.165) is 56.3 Å². The number of carbonyl (C=O) groups excluding carboxylic acids is 1. The number of piperidine rings is 1. The van der Waals surface area contributed by atoms with Crippen LogP contribution in [0.5, 0.6) is 0 Å². The molecule has 144 valence electrons. The van der Waals surface area contributed by atoms with Crippen molar-refractivity contribution in [3.05, 3.63) is 69.7 Å². The third kappa shape index (κ3) is 6.47. The fraction of sp³-hybridized carbons (Fsp3) is 0.435. The van der Waals surface area contributed by atoms with Crippen LogP contribution in [0.3, 0.4) is 0 Å². The number of likely N-dealkylation sites (tertiary alicyclic amines) is 1. The van der Waals surface area contributed by atoms with Gasteiger partial charge in [-0.2, -0.15) is 0 Å². The summed E-state index contributed by atoms with van der Waals surface area (Å²) >= 11 is 3.48. The number of aryl methyl sites for hydroxylation is 2. The van der Waals surface area contributed by atoms with Crippen LogP contribution < -0.4 is 5.32 Å². The molecule has 0 aliphatic carbocycles. The van der Waals surface area contributed by atoms with Crippen molar-refractivity contribution >= 4 is 21.8 Å². The Kier molecular flexibility index (Phi) is 7.48. The fourth-order valence-electron chi connectivity index (χ4n) is 3.72. The second kappa shape index (κ2) is 10.0. The summed E-state index contributed by atoms with van der Waals surface area (Å²) in [6.45, 7) is 5.85. The zero-order valence-electron chi connectivity index (χ0n) is 16.1. The minimum absolute atomic E-state index is 0.171. The highest BCUT2D eigenvalue weighted by atomic mass is 79.9. The van der Waals surface area contributed by atoms with E-state index in [4.69, 9.17) is 0 Å². The Morgan fingerprint density at radius 2 is 1.85 bits per heavy atom. The van der Waals surface area contributed by atoms with E-state index in [1.54, 1.807) is 0 Å². The van der Waals surface area contributed by atoms with Gasteiger partial charge in [0.25, 0.3) is 0 Å². The molecule has 2 aromatic rings. The summed E-state index contributed by atoms with van der Waals surface area (Å²) in [5, 5.41) is 3.15. The van der Waals surface area contributed by atoms with Crippen LogP contribution in [-0.4, -0.2) is 30.4 Å². The van der Waals surface area contributed by atoms with Crippen LogP contribution in [0.4, 0.5) is 0 Å². The lowest BCUT2D eigenvalue weighted by molar-refractivity contribution is -0.126. The van der Waals surface area contributed by atoms with E-state index in [1.807, 2.05) is 0 Å². The first-order valence-electron chi connectivity index (χ1n) is 9.90. The molecule has 3 rings (SSSR count). The third-order valence-electron chi connectivity index (χ3n) is 5.30. The lowest BCUT2D eigenvalue weighted by Crippen LogP contribution is -2.40. The molecule has 1 fully saturated rings. The topological polar surface area (TPSA) is 32.3 Å². The number of carbonyl (C=O) groups is 1. The van der Waals surface area contributed by atoms with Gasteiger partial charge in [-0.1, -0.05) is 57.9 Å². The van der Waals surface area contributed by atoms with E-state index < -0.39 is 0 Å². The molecule has 2 aromatic carbocycles. The minimum Gasteiger partial charge on any atom is -0.356 e. The molecule has 0 aromatic heterocycles. The summed E-state index contributed by atoms with van der Waals surface area (Å²) in [4.78, 5) is 14.9. The number of nitrogens with zero attached hydrogens (tertiary/aromatic N) is 1. The Labute approximate surface area is 171 Å². The van der Waals surface area contributed by atoms with Gasteiger partial charge < -0.3 is 5.32 Å². The summed E-state index contributed by atoms with van der Waals surface area (Å²) in [5.41, 5.74) is 3.98. The van der Waals surface area contributed by atoms with Crippen molar-refractivity contribution in [1.29, 1.82) is 0 Å². The van der Waals surface area contributed by atoms with Gasteiger partial charge in [0, 0.05) is 23.5 Å². The molecule has 0 atom stereocenters. The van der Waals surface area contributed by atoms with Gasteiger partial charge in [0.1, 0.15) is 0 Å². The van der Waals surface area contributed by atoms with E-state index in [-0.39, 0.29) is 11.8 Å². The summed E-state index contributed by atoms with van der Waals surface area (Å²) in [7, 11) is 0. The van der Waals surface area contributed by atoms with Gasteiger partial charge >= 0.3 is 0 Å². The molecule has 4 heteroatoms. The standard InChI is InChI=1S/C23H29BrN2O/c1-18-4-2-5-19(16-18)6-3-13-25-23(27)21-11-14-26(15-12-21)17-20-7-9-22(24)10-8-20/h2,4-5,7-10,16,21H,3,6,11-15,17H2,1H3,(H,25,27). The molecule has 0 spiro atoms. The molecule has 0 unspecified atom stereocenters. The molecule has 3 nitrogen and oxygen atoms in total. The SMILES string of the molecule is Cc1cccc(CCCNC(=O)C2CCN(Cc3ccc(Br)cc3)CC2)c1. The Morgan fingerprint density at radius 3 is 2.56 bits per heavy atom. The molecule has 1 N–H and O–H groups in total. The number of amides is 1. The maximum Gasteiger partial charge on any atom is 0.223 e. The van der Waals surface area contributed by atoms with Gasteiger partial charge in [-0.25, -0.2) is 0 Å². The van der Waals surface area contributed by atoms with E-state index in [9.17, 15) is 4.79 Å². The number of rotatable bonds is 7. The van der Waals surface area contributed by atoms with Crippen LogP contribution in [0.1, 0.15) is 36.0 Å². The maximum atomic E-state index is 12.4. The van der Waals surface area contributed by atoms with Crippen LogP contribution in [-0.2, 0) is 17.8 Å². The average Bonchev–Trinajstić information content (AvgIpc) is 2.67. The third-order valence-corrected chi connectivity index (χ3v) is 5.83. The lowest BCUT2D eigenvalue weighted by atomic mass is 9.95. The molecule has 0 bridgehead atoms. The zero-order chi connectivity index (χ0) is 19.1. The Balaban J connectivity index is 1.34. The first kappa shape index (κ1) is 20.1. The van der Waals surface area contributed by atoms with Crippen LogP contribution in [0.2, 0.25) is 0 Å². The Bertz CT molecular complexity index is 736. The highest BCUT2D eigenvalue weighted by Gasteiger charge is 2.24. The predicted molar refractivity (Wildman–Crippen MR) is 115 cm³/mol. The Morgan fingerprint density at radius 1 is 1.11 bits per heavy atom. The molecule has 1 aliphatic heterocycles. The van der Waals surface area contributed by atoms with E-state index in [0.29, 0.717) is 0 Å². The number of hydrogen-bond acceptors (Lipinski definition) is 2. The smallest absolute Gasteiger partial charge is 0.223 e. The zero-order valence-corrected chi connectivity index (χ0v) is 17.7. The van der Waals surface area contributed by atoms with Gasteiger partial charge in [0.15, 0.2) is 0 Å². The molecule has 1 amide bonds. The molecule has 1 saturated heterocycles. The quantitative estimate of drug-likeness (QED) is 0.646. The van der Waals surface area contributed by atoms with Crippen molar-refractivity contribution in [2.24, 2.45) is 5.92 Å². The van der Waals surface area contributed by atoms with Crippen molar-refractivity contribution in [3.8, 4) is 0 Å². The monoisotopic (exact) mass is 428 g/mol. The molecule has 1 heterocycles. The van der Waals surface area contributed by atoms with Gasteiger partial charge in [-0.15, -0.1) is 0 Å². The minimum atomic E-state index is 0.171. The molecule has 0 radical (unpaired) electrons. The highest BCUT2D eigenvalue weighted by molar-refractivity contribution is 9.10. The predicted octanol–water partition coefficient (Wildman–Crippen LogP) is 4.72. The van der Waals surface area contributed by atoms with Gasteiger partial charge in [0.05, 0.1) is 0 Å². The van der Waals surface area contributed by atoms with E-state index in [2.05, 4.69) is 81.6 Å². The molecule has 1 aliphatic rings. The normalized spacial score (nSPS) is 15.6. The number of hydrogen-bond donors (Lipinski definition) is 1. The molecular formula is C23H29BrN2O. The first-order chi connectivity index (χ1) is 13.1. The van der Waals surface area contributed by atoms with Gasteiger partial charge in [0.2, 0.25) is 5.91 Å². The second-order valence-corrected chi connectivity index (χ2v) is 8.48.